The van der Waals surface area contributed by atoms with Crippen molar-refractivity contribution >= 4 is 8.80 Å². The molecule has 0 amide bonds. The Balaban J connectivity index is 0. The summed E-state index contributed by atoms with van der Waals surface area (Å²) in [6, 6.07) is 0. The van der Waals surface area contributed by atoms with Crippen molar-refractivity contribution in [1.82, 2.24) is 0 Å². The van der Waals surface area contributed by atoms with Gasteiger partial charge in [-0.1, -0.05) is 34.6 Å². The van der Waals surface area contributed by atoms with Crippen LogP contribution in [0.2, 0.25) is 17.1 Å². The summed E-state index contributed by atoms with van der Waals surface area (Å²) in [6.07, 6.45) is 0. The Bertz CT molecular complexity index is 83.7. The van der Waals surface area contributed by atoms with Crippen LogP contribution in [-0.4, -0.2) is 8.80 Å². The second kappa shape index (κ2) is 4.64. The van der Waals surface area contributed by atoms with Crippen molar-refractivity contribution in [3.8, 4) is 0 Å². The predicted molar refractivity (Wildman–Crippen MR) is 46.4 cm³/mol. The van der Waals surface area contributed by atoms with Crippen LogP contribution in [0.1, 0.15) is 34.6 Å². The molecule has 0 radical (unpaired) electrons. The van der Waals surface area contributed by atoms with Crippen molar-refractivity contribution in [3.63, 3.8) is 0 Å². The molecule has 0 bridgehead atoms. The molecule has 0 saturated heterocycles. The minimum absolute atomic E-state index is 0. The molecule has 10 heavy (non-hydrogen) atoms. The zero-order valence-electron chi connectivity index (χ0n) is 8.58. The monoisotopic (exact) mass is 150 g/mol. The second-order valence-electron chi connectivity index (χ2n) is 4.09. The van der Waals surface area contributed by atoms with Gasteiger partial charge in [0.05, 0.1) is 0 Å². The van der Waals surface area contributed by atoms with Crippen molar-refractivity contribution in [1.29, 1.82) is 0 Å². The van der Waals surface area contributed by atoms with Crippen LogP contribution in [0.4, 0.5) is 0 Å². The molecule has 56 valence electrons. The maximum Gasteiger partial charge on any atom is 1.00 e. The summed E-state index contributed by atoms with van der Waals surface area (Å²) in [5, 5.41) is 0.582. The van der Waals surface area contributed by atoms with Crippen LogP contribution in [0.3, 0.4) is 0 Å². The fraction of sp³-hybridized carbons (Fsp3) is 1.00. The third-order valence-electron chi connectivity index (χ3n) is 2.05. The van der Waals surface area contributed by atoms with E-state index in [1.54, 1.807) is 0 Å². The van der Waals surface area contributed by atoms with Crippen molar-refractivity contribution < 1.29 is 18.9 Å². The Morgan fingerprint density at radius 1 is 1.10 bits per heavy atom. The van der Waals surface area contributed by atoms with Crippen LogP contribution >= 0.6 is 0 Å². The van der Waals surface area contributed by atoms with Gasteiger partial charge in [0.1, 0.15) is 0 Å². The van der Waals surface area contributed by atoms with Crippen LogP contribution in [0.5, 0.6) is 0 Å². The van der Waals surface area contributed by atoms with Gasteiger partial charge in [0.2, 0.25) is 0 Å². The maximum absolute atomic E-state index is 2.43. The quantitative estimate of drug-likeness (QED) is 0.472. The molecular weight excluding hydrogens is 131 g/mol. The van der Waals surface area contributed by atoms with Crippen molar-refractivity contribution in [2.45, 2.75) is 51.7 Å². The van der Waals surface area contributed by atoms with E-state index in [4.69, 9.17) is 0 Å². The molecule has 0 aliphatic rings. The number of hydrogen-bond donors (Lipinski definition) is 0. The standard InChI is InChI=1S/C8H19Si.Li/c1-7(2)9(6)8(3,4)5;/h7H,1-6H3;/q-1;+1. The number of hydrogen-bond acceptors (Lipinski definition) is 0. The summed E-state index contributed by atoms with van der Waals surface area (Å²) >= 11 is 0. The first-order valence-electron chi connectivity index (χ1n) is 3.69. The SMILES string of the molecule is CC(C)[Si-](C)C(C)(C)C.[Li+]. The van der Waals surface area contributed by atoms with Gasteiger partial charge in [0.25, 0.3) is 0 Å². The summed E-state index contributed by atoms with van der Waals surface area (Å²) < 4.78 is 0. The molecule has 0 fully saturated rings. The molecule has 0 saturated carbocycles. The average molecular weight is 150 g/mol. The summed E-state index contributed by atoms with van der Waals surface area (Å²) in [4.78, 5) is 0. The van der Waals surface area contributed by atoms with Crippen LogP contribution in [0.25, 0.3) is 0 Å². The van der Waals surface area contributed by atoms with Crippen molar-refractivity contribution in [3.05, 3.63) is 0 Å². The minimum atomic E-state index is -0.122. The zero-order chi connectivity index (χ0) is 7.65. The molecule has 0 spiro atoms. The molecule has 0 unspecified atom stereocenters. The van der Waals surface area contributed by atoms with E-state index in [9.17, 15) is 0 Å². The summed E-state index contributed by atoms with van der Waals surface area (Å²) in [5.74, 6) is 0. The molecule has 0 heterocycles. The van der Waals surface area contributed by atoms with E-state index in [2.05, 4.69) is 41.2 Å². The van der Waals surface area contributed by atoms with Crippen LogP contribution in [0, 0.1) is 0 Å². The smallest absolute Gasteiger partial charge is 0.253 e. The number of rotatable bonds is 1. The molecule has 0 aromatic rings. The van der Waals surface area contributed by atoms with Crippen molar-refractivity contribution in [2.75, 3.05) is 0 Å². The third kappa shape index (κ3) is 4.60. The Morgan fingerprint density at radius 3 is 1.40 bits per heavy atom. The predicted octanol–water partition coefficient (Wildman–Crippen LogP) is 0.325. The molecule has 0 aromatic carbocycles. The second-order valence-corrected chi connectivity index (χ2v) is 8.11. The van der Waals surface area contributed by atoms with Crippen LogP contribution in [-0.2, 0) is 0 Å². The van der Waals surface area contributed by atoms with E-state index >= 15 is 0 Å². The van der Waals surface area contributed by atoms with Gasteiger partial charge in [-0.15, -0.1) is 0 Å². The van der Waals surface area contributed by atoms with Gasteiger partial charge in [-0.25, -0.2) is 0 Å². The average Bonchev–Trinajstić information content (AvgIpc) is 1.62. The molecule has 0 aliphatic heterocycles. The summed E-state index contributed by atoms with van der Waals surface area (Å²) in [5.41, 5.74) is 0.912. The van der Waals surface area contributed by atoms with E-state index < -0.39 is 0 Å². The van der Waals surface area contributed by atoms with Gasteiger partial charge in [-0.3, -0.25) is 8.80 Å². The topological polar surface area (TPSA) is 0 Å². The first-order valence-corrected chi connectivity index (χ1v) is 5.77. The van der Waals surface area contributed by atoms with E-state index in [1.807, 2.05) is 0 Å². The van der Waals surface area contributed by atoms with Gasteiger partial charge in [0.15, 0.2) is 0 Å². The Kier molecular flexibility index (Phi) is 6.23. The molecule has 2 heteroatoms. The van der Waals surface area contributed by atoms with Gasteiger partial charge in [0, 0.05) is 0 Å². The normalized spacial score (nSPS) is 12.0. The zero-order valence-corrected chi connectivity index (χ0v) is 9.58. The van der Waals surface area contributed by atoms with Gasteiger partial charge in [-0.05, 0) is 0 Å². The fourth-order valence-corrected chi connectivity index (χ4v) is 2.60. The van der Waals surface area contributed by atoms with E-state index in [0.29, 0.717) is 5.04 Å². The first-order chi connectivity index (χ1) is 3.85. The Morgan fingerprint density at radius 2 is 1.40 bits per heavy atom. The van der Waals surface area contributed by atoms with Crippen LogP contribution < -0.4 is 18.9 Å². The maximum atomic E-state index is 2.43. The van der Waals surface area contributed by atoms with Gasteiger partial charge in [-0.2, -0.15) is 17.1 Å². The van der Waals surface area contributed by atoms with Gasteiger partial charge < -0.3 is 0 Å². The fourth-order valence-electron chi connectivity index (χ4n) is 0.866. The van der Waals surface area contributed by atoms with Gasteiger partial charge >= 0.3 is 18.9 Å². The summed E-state index contributed by atoms with van der Waals surface area (Å²) in [7, 11) is -0.122. The molecule has 0 aliphatic carbocycles. The molecule has 0 rings (SSSR count). The molecular formula is C8H19LiSi. The molecule has 0 atom stereocenters. The van der Waals surface area contributed by atoms with E-state index in [0.717, 1.165) is 5.54 Å². The Labute approximate surface area is 79.6 Å². The minimum Gasteiger partial charge on any atom is -0.253 e. The molecule has 0 N–H and O–H groups in total. The molecule has 0 aromatic heterocycles. The van der Waals surface area contributed by atoms with E-state index in [-0.39, 0.29) is 27.7 Å². The molecule has 0 nitrogen and oxygen atoms in total. The summed E-state index contributed by atoms with van der Waals surface area (Å²) in [6.45, 7) is 14.1. The Hall–Kier alpha value is 0.814. The van der Waals surface area contributed by atoms with Crippen molar-refractivity contribution in [2.24, 2.45) is 0 Å². The van der Waals surface area contributed by atoms with Crippen LogP contribution in [0.15, 0.2) is 0 Å². The van der Waals surface area contributed by atoms with E-state index in [1.165, 1.54) is 0 Å². The first kappa shape index (κ1) is 13.4. The largest absolute Gasteiger partial charge is 1.00 e. The third-order valence-corrected chi connectivity index (χ3v) is 6.15.